The lowest BCUT2D eigenvalue weighted by molar-refractivity contribution is 0.483. The summed E-state index contributed by atoms with van der Waals surface area (Å²) in [6, 6.07) is 6.15. The summed E-state index contributed by atoms with van der Waals surface area (Å²) in [7, 11) is -4.09. The van der Waals surface area contributed by atoms with Gasteiger partial charge in [-0.3, -0.25) is 4.55 Å². The van der Waals surface area contributed by atoms with Crippen LogP contribution in [0.25, 0.3) is 0 Å². The first-order chi connectivity index (χ1) is 7.47. The van der Waals surface area contributed by atoms with E-state index >= 15 is 0 Å². The maximum atomic E-state index is 10.8. The van der Waals surface area contributed by atoms with Gasteiger partial charge in [0.05, 0.1) is 10.6 Å². The van der Waals surface area contributed by atoms with Gasteiger partial charge in [0, 0.05) is 13.1 Å². The van der Waals surface area contributed by atoms with E-state index in [1.165, 1.54) is 12.1 Å². The lowest BCUT2D eigenvalue weighted by Crippen LogP contribution is -2.30. The molecule has 1 atom stereocenters. The maximum Gasteiger partial charge on any atom is 0.294 e. The van der Waals surface area contributed by atoms with Crippen molar-refractivity contribution in [1.29, 1.82) is 0 Å². The molecule has 88 valence electrons. The van der Waals surface area contributed by atoms with Crippen LogP contribution in [0.1, 0.15) is 6.92 Å². The van der Waals surface area contributed by atoms with Crippen molar-refractivity contribution in [2.24, 2.45) is 5.92 Å². The zero-order chi connectivity index (χ0) is 11.8. The van der Waals surface area contributed by atoms with E-state index in [4.69, 9.17) is 4.55 Å². The molecule has 1 aromatic rings. The van der Waals surface area contributed by atoms with Gasteiger partial charge in [0.15, 0.2) is 0 Å². The molecule has 16 heavy (non-hydrogen) atoms. The first-order valence-electron chi connectivity index (χ1n) is 5.05. The predicted octanol–water partition coefficient (Wildman–Crippen LogP) is 0.894. The first-order valence-corrected chi connectivity index (χ1v) is 6.49. The summed E-state index contributed by atoms with van der Waals surface area (Å²) < 4.78 is 30.5. The molecular formula is C10H14N2O3S. The second kappa shape index (κ2) is 4.04. The molecule has 6 heteroatoms. The second-order valence-corrected chi connectivity index (χ2v) is 5.47. The lowest BCUT2D eigenvalue weighted by atomic mass is 10.2. The third-order valence-electron chi connectivity index (χ3n) is 2.57. The minimum atomic E-state index is -4.09. The quantitative estimate of drug-likeness (QED) is 0.754. The van der Waals surface area contributed by atoms with Crippen molar-refractivity contribution in [2.45, 2.75) is 11.8 Å². The summed E-state index contributed by atoms with van der Waals surface area (Å²) in [5.41, 5.74) is 4.10. The Morgan fingerprint density at radius 3 is 2.44 bits per heavy atom. The van der Waals surface area contributed by atoms with Crippen molar-refractivity contribution in [2.75, 3.05) is 18.1 Å². The van der Waals surface area contributed by atoms with Crippen LogP contribution in [-0.4, -0.2) is 26.1 Å². The van der Waals surface area contributed by atoms with Crippen LogP contribution in [0.4, 0.5) is 5.69 Å². The molecule has 1 heterocycles. The molecule has 0 spiro atoms. The zero-order valence-corrected chi connectivity index (χ0v) is 9.74. The standard InChI is InChI=1S/C10H14N2O3S/c1-8-6-11-12(7-8)9-2-4-10(5-3-9)16(13,14)15/h2-5,8,11H,6-7H2,1H3,(H,13,14,15). The van der Waals surface area contributed by atoms with Crippen LogP contribution in [0, 0.1) is 5.92 Å². The molecule has 1 aliphatic heterocycles. The van der Waals surface area contributed by atoms with E-state index < -0.39 is 10.1 Å². The van der Waals surface area contributed by atoms with Crippen molar-refractivity contribution >= 4 is 15.8 Å². The van der Waals surface area contributed by atoms with Crippen molar-refractivity contribution in [3.63, 3.8) is 0 Å². The summed E-state index contributed by atoms with van der Waals surface area (Å²) in [5, 5.41) is 1.97. The Hall–Kier alpha value is -1.11. The van der Waals surface area contributed by atoms with Crippen LogP contribution < -0.4 is 10.4 Å². The highest BCUT2D eigenvalue weighted by Gasteiger charge is 2.18. The van der Waals surface area contributed by atoms with Gasteiger partial charge in [-0.2, -0.15) is 8.42 Å². The van der Waals surface area contributed by atoms with Gasteiger partial charge in [0.1, 0.15) is 0 Å². The molecule has 0 aliphatic carbocycles. The van der Waals surface area contributed by atoms with E-state index in [1.807, 2.05) is 5.01 Å². The molecule has 1 fully saturated rings. The van der Waals surface area contributed by atoms with Gasteiger partial charge in [-0.15, -0.1) is 0 Å². The summed E-state index contributed by atoms with van der Waals surface area (Å²) in [6.07, 6.45) is 0. The monoisotopic (exact) mass is 242 g/mol. The van der Waals surface area contributed by atoms with Crippen LogP contribution in [0.15, 0.2) is 29.2 Å². The third kappa shape index (κ3) is 2.34. The van der Waals surface area contributed by atoms with E-state index in [0.717, 1.165) is 18.8 Å². The molecular weight excluding hydrogens is 228 g/mol. The number of hydrogen-bond donors (Lipinski definition) is 2. The van der Waals surface area contributed by atoms with Crippen LogP contribution in [0.3, 0.4) is 0 Å². The highest BCUT2D eigenvalue weighted by atomic mass is 32.2. The van der Waals surface area contributed by atoms with E-state index in [0.29, 0.717) is 5.92 Å². The number of nitrogens with one attached hydrogen (secondary N) is 1. The van der Waals surface area contributed by atoms with Crippen molar-refractivity contribution in [3.8, 4) is 0 Å². The predicted molar refractivity (Wildman–Crippen MR) is 60.8 cm³/mol. The van der Waals surface area contributed by atoms with E-state index in [2.05, 4.69) is 12.3 Å². The topological polar surface area (TPSA) is 69.6 Å². The van der Waals surface area contributed by atoms with Crippen LogP contribution in [-0.2, 0) is 10.1 Å². The number of benzene rings is 1. The van der Waals surface area contributed by atoms with Crippen LogP contribution in [0.2, 0.25) is 0 Å². The minimum absolute atomic E-state index is 0.0801. The number of hydrazine groups is 1. The Kier molecular flexibility index (Phi) is 2.88. The Bertz CT molecular complexity index is 469. The first kappa shape index (κ1) is 11.4. The molecule has 2 rings (SSSR count). The molecule has 0 bridgehead atoms. The molecule has 5 nitrogen and oxygen atoms in total. The summed E-state index contributed by atoms with van der Waals surface area (Å²) in [5.74, 6) is 0.571. The second-order valence-electron chi connectivity index (χ2n) is 4.05. The van der Waals surface area contributed by atoms with E-state index in [9.17, 15) is 8.42 Å². The fourth-order valence-electron chi connectivity index (χ4n) is 1.70. The normalized spacial score (nSPS) is 21.4. The Balaban J connectivity index is 2.20. The molecule has 2 N–H and O–H groups in total. The Labute approximate surface area is 94.8 Å². The van der Waals surface area contributed by atoms with E-state index in [1.54, 1.807) is 12.1 Å². The smallest absolute Gasteiger partial charge is 0.294 e. The molecule has 0 amide bonds. The fourth-order valence-corrected chi connectivity index (χ4v) is 2.18. The summed E-state index contributed by atoms with van der Waals surface area (Å²) in [4.78, 5) is -0.0801. The van der Waals surface area contributed by atoms with Crippen molar-refractivity contribution in [1.82, 2.24) is 5.43 Å². The fraction of sp³-hybridized carbons (Fsp3) is 0.400. The van der Waals surface area contributed by atoms with E-state index in [-0.39, 0.29) is 4.90 Å². The Morgan fingerprint density at radius 2 is 2.00 bits per heavy atom. The average Bonchev–Trinajstić information content (AvgIpc) is 2.64. The highest BCUT2D eigenvalue weighted by molar-refractivity contribution is 7.85. The van der Waals surface area contributed by atoms with Gasteiger partial charge in [-0.1, -0.05) is 6.92 Å². The largest absolute Gasteiger partial charge is 0.308 e. The summed E-state index contributed by atoms with van der Waals surface area (Å²) >= 11 is 0. The number of anilines is 1. The van der Waals surface area contributed by atoms with Gasteiger partial charge in [-0.05, 0) is 30.2 Å². The third-order valence-corrected chi connectivity index (χ3v) is 3.44. The minimum Gasteiger partial charge on any atom is -0.308 e. The van der Waals surface area contributed by atoms with Gasteiger partial charge in [0.2, 0.25) is 0 Å². The number of hydrogen-bond acceptors (Lipinski definition) is 4. The molecule has 1 saturated heterocycles. The SMILES string of the molecule is CC1CNN(c2ccc(S(=O)(=O)O)cc2)C1. The van der Waals surface area contributed by atoms with Gasteiger partial charge in [-0.25, -0.2) is 5.43 Å². The number of nitrogens with zero attached hydrogens (tertiary/aromatic N) is 1. The van der Waals surface area contributed by atoms with Crippen LogP contribution in [0.5, 0.6) is 0 Å². The molecule has 0 radical (unpaired) electrons. The Morgan fingerprint density at radius 1 is 1.38 bits per heavy atom. The lowest BCUT2D eigenvalue weighted by Gasteiger charge is -2.17. The van der Waals surface area contributed by atoms with Gasteiger partial charge >= 0.3 is 0 Å². The van der Waals surface area contributed by atoms with Gasteiger partial charge in [0.25, 0.3) is 10.1 Å². The van der Waals surface area contributed by atoms with Crippen molar-refractivity contribution in [3.05, 3.63) is 24.3 Å². The molecule has 1 unspecified atom stereocenters. The highest BCUT2D eigenvalue weighted by Crippen LogP contribution is 2.19. The molecule has 0 aromatic heterocycles. The summed E-state index contributed by atoms with van der Waals surface area (Å²) in [6.45, 7) is 3.95. The number of rotatable bonds is 2. The maximum absolute atomic E-state index is 10.8. The van der Waals surface area contributed by atoms with Gasteiger partial charge < -0.3 is 5.01 Å². The zero-order valence-electron chi connectivity index (χ0n) is 8.92. The van der Waals surface area contributed by atoms with Crippen molar-refractivity contribution < 1.29 is 13.0 Å². The molecule has 0 saturated carbocycles. The molecule has 1 aliphatic rings. The average molecular weight is 242 g/mol. The molecule has 1 aromatic carbocycles. The van der Waals surface area contributed by atoms with Crippen LogP contribution >= 0.6 is 0 Å².